The van der Waals surface area contributed by atoms with Gasteiger partial charge in [0, 0.05) is 11.9 Å². The molecule has 42 heavy (non-hydrogen) atoms. The number of fused-ring (bicyclic) bond motifs is 1. The monoisotopic (exact) mass is 581 g/mol. The highest BCUT2D eigenvalue weighted by atomic mass is 16.6. The molecule has 0 radical (unpaired) electrons. The van der Waals surface area contributed by atoms with Crippen LogP contribution in [0.2, 0.25) is 0 Å². The number of amides is 3. The van der Waals surface area contributed by atoms with Gasteiger partial charge in [0.15, 0.2) is 0 Å². The van der Waals surface area contributed by atoms with Crippen LogP contribution in [0.4, 0.5) is 4.79 Å². The predicted octanol–water partition coefficient (Wildman–Crippen LogP) is 4.03. The summed E-state index contributed by atoms with van der Waals surface area (Å²) in [4.78, 5) is 56.1. The molecule has 1 aliphatic heterocycles. The van der Waals surface area contributed by atoms with E-state index in [1.165, 1.54) is 5.01 Å². The topological polar surface area (TPSA) is 139 Å². The molecule has 11 nitrogen and oxygen atoms in total. The third-order valence-electron chi connectivity index (χ3n) is 6.77. The molecule has 3 N–H and O–H groups in total. The van der Waals surface area contributed by atoms with Crippen molar-refractivity contribution in [1.82, 2.24) is 26.1 Å². The number of carbonyl (C=O) groups excluding carboxylic acids is 4. The zero-order valence-corrected chi connectivity index (χ0v) is 25.5. The van der Waals surface area contributed by atoms with Gasteiger partial charge in [-0.1, -0.05) is 44.7 Å². The molecule has 11 heteroatoms. The van der Waals surface area contributed by atoms with Gasteiger partial charge in [-0.2, -0.15) is 0 Å². The maximum absolute atomic E-state index is 13.2. The third-order valence-corrected chi connectivity index (χ3v) is 6.77. The van der Waals surface area contributed by atoms with Crippen LogP contribution in [0.15, 0.2) is 36.9 Å². The van der Waals surface area contributed by atoms with E-state index in [1.807, 2.05) is 30.3 Å². The fourth-order valence-electron chi connectivity index (χ4n) is 4.50. The summed E-state index contributed by atoms with van der Waals surface area (Å²) in [5, 5.41) is 7.56. The molecule has 0 aliphatic carbocycles. The van der Waals surface area contributed by atoms with Gasteiger partial charge in [0.2, 0.25) is 5.91 Å². The molecule has 0 bridgehead atoms. The molecule has 228 valence electrons. The molecule has 3 amide bonds. The van der Waals surface area contributed by atoms with Crippen LogP contribution < -0.4 is 16.1 Å². The minimum absolute atomic E-state index is 0.254. The summed E-state index contributed by atoms with van der Waals surface area (Å²) in [5.74, 6) is -1.68. The number of benzene rings is 1. The molecule has 2 aromatic rings. The van der Waals surface area contributed by atoms with Crippen molar-refractivity contribution in [2.24, 2.45) is 5.92 Å². The van der Waals surface area contributed by atoms with Crippen LogP contribution in [0.1, 0.15) is 78.7 Å². The van der Waals surface area contributed by atoms with Crippen LogP contribution in [0.5, 0.6) is 0 Å². The quantitative estimate of drug-likeness (QED) is 0.377. The predicted molar refractivity (Wildman–Crippen MR) is 160 cm³/mol. The first-order chi connectivity index (χ1) is 19.7. The van der Waals surface area contributed by atoms with Crippen LogP contribution in [0, 0.1) is 5.92 Å². The molecule has 0 spiro atoms. The van der Waals surface area contributed by atoms with Crippen molar-refractivity contribution in [2.75, 3.05) is 6.54 Å². The number of nitrogens with one attached hydrogen (secondary N) is 3. The Morgan fingerprint density at radius 3 is 2.43 bits per heavy atom. The molecule has 1 aromatic heterocycles. The van der Waals surface area contributed by atoms with E-state index in [9.17, 15) is 19.2 Å². The zero-order chi connectivity index (χ0) is 31.2. The number of alkyl carbamates (subject to hydrolysis) is 1. The lowest BCUT2D eigenvalue weighted by Gasteiger charge is -2.35. The standard InChI is InChI=1S/C31H43N5O6/c1-9-21-12-13-22-14-15-23(33-25(22)17-21)20(5)41-29(39)24-11-10-16-36(35-24)28(38)19(4)32-27(37)26(18(2)3)34-30(40)42-31(6,7)8/h9,12-15,17-20,24,26,35H,1,10-11,16H2,2-8H3,(H,32,37)(H,34,40)/t19?,20-,24+,26?/m1/s1. The highest BCUT2D eigenvalue weighted by molar-refractivity contribution is 5.91. The van der Waals surface area contributed by atoms with E-state index in [0.29, 0.717) is 25.1 Å². The molecule has 4 atom stereocenters. The van der Waals surface area contributed by atoms with Crippen molar-refractivity contribution in [3.8, 4) is 0 Å². The molecule has 3 rings (SSSR count). The Labute approximate surface area is 247 Å². The fourth-order valence-corrected chi connectivity index (χ4v) is 4.50. The lowest BCUT2D eigenvalue weighted by Crippen LogP contribution is -2.61. The maximum atomic E-state index is 13.2. The largest absolute Gasteiger partial charge is 0.455 e. The van der Waals surface area contributed by atoms with E-state index < -0.39 is 53.7 Å². The van der Waals surface area contributed by atoms with Gasteiger partial charge < -0.3 is 20.1 Å². The Morgan fingerprint density at radius 2 is 1.79 bits per heavy atom. The Kier molecular flexibility index (Phi) is 10.7. The van der Waals surface area contributed by atoms with Crippen LogP contribution in [-0.2, 0) is 23.9 Å². The van der Waals surface area contributed by atoms with Crippen LogP contribution in [0.3, 0.4) is 0 Å². The second-order valence-electron chi connectivity index (χ2n) is 11.9. The Morgan fingerprint density at radius 1 is 1.10 bits per heavy atom. The van der Waals surface area contributed by atoms with E-state index in [0.717, 1.165) is 16.5 Å². The number of esters is 1. The summed E-state index contributed by atoms with van der Waals surface area (Å²) in [6.45, 7) is 16.2. The molecule has 1 fully saturated rings. The average molecular weight is 582 g/mol. The fraction of sp³-hybridized carbons (Fsp3) is 0.516. The molecular formula is C31H43N5O6. The molecule has 1 aromatic carbocycles. The second-order valence-corrected chi connectivity index (χ2v) is 11.9. The highest BCUT2D eigenvalue weighted by Gasteiger charge is 2.34. The van der Waals surface area contributed by atoms with Crippen molar-refractivity contribution >= 4 is 40.9 Å². The number of rotatable bonds is 9. The number of ether oxygens (including phenoxy) is 2. The Hall–Kier alpha value is -3.99. The molecule has 2 unspecified atom stereocenters. The van der Waals surface area contributed by atoms with E-state index in [2.05, 4.69) is 27.6 Å². The summed E-state index contributed by atoms with van der Waals surface area (Å²) in [7, 11) is 0. The van der Waals surface area contributed by atoms with Gasteiger partial charge in [-0.25, -0.2) is 15.2 Å². The molecule has 2 heterocycles. The van der Waals surface area contributed by atoms with E-state index in [-0.39, 0.29) is 5.92 Å². The highest BCUT2D eigenvalue weighted by Crippen LogP contribution is 2.22. The second kappa shape index (κ2) is 13.8. The number of nitrogens with zero attached hydrogens (tertiary/aromatic N) is 2. The van der Waals surface area contributed by atoms with Crippen molar-refractivity contribution in [2.45, 2.75) is 91.1 Å². The lowest BCUT2D eigenvalue weighted by atomic mass is 10.0. The SMILES string of the molecule is C=Cc1ccc2ccc([C@@H](C)OC(=O)[C@@H]3CCCN(C(=O)C(C)NC(=O)C(NC(=O)OC(C)(C)C)C(C)C)N3)nc2c1. The van der Waals surface area contributed by atoms with Gasteiger partial charge in [0.05, 0.1) is 11.2 Å². The number of hydrogen-bond acceptors (Lipinski definition) is 8. The first kappa shape index (κ1) is 32.5. The van der Waals surface area contributed by atoms with Gasteiger partial charge in [-0.3, -0.25) is 19.4 Å². The summed E-state index contributed by atoms with van der Waals surface area (Å²) in [6, 6.07) is 7.03. The first-order valence-electron chi connectivity index (χ1n) is 14.3. The molecule has 0 saturated carbocycles. The summed E-state index contributed by atoms with van der Waals surface area (Å²) < 4.78 is 11.0. The van der Waals surface area contributed by atoms with E-state index in [1.54, 1.807) is 54.5 Å². The number of pyridine rings is 1. The van der Waals surface area contributed by atoms with Crippen molar-refractivity contribution in [3.63, 3.8) is 0 Å². The molecular weight excluding hydrogens is 538 g/mol. The average Bonchev–Trinajstić information content (AvgIpc) is 2.93. The molecule has 1 aliphatic rings. The van der Waals surface area contributed by atoms with Crippen molar-refractivity contribution in [3.05, 3.63) is 48.2 Å². The van der Waals surface area contributed by atoms with E-state index in [4.69, 9.17) is 9.47 Å². The Bertz CT molecular complexity index is 1320. The summed E-state index contributed by atoms with van der Waals surface area (Å²) in [6.07, 6.45) is 1.48. The van der Waals surface area contributed by atoms with Crippen LogP contribution >= 0.6 is 0 Å². The zero-order valence-electron chi connectivity index (χ0n) is 25.5. The van der Waals surface area contributed by atoms with Gasteiger partial charge in [0.1, 0.15) is 29.8 Å². The Balaban J connectivity index is 1.58. The van der Waals surface area contributed by atoms with Gasteiger partial charge in [0.25, 0.3) is 5.91 Å². The lowest BCUT2D eigenvalue weighted by molar-refractivity contribution is -0.157. The van der Waals surface area contributed by atoms with Gasteiger partial charge in [-0.15, -0.1) is 0 Å². The first-order valence-corrected chi connectivity index (χ1v) is 14.3. The van der Waals surface area contributed by atoms with Crippen LogP contribution in [0.25, 0.3) is 17.0 Å². The van der Waals surface area contributed by atoms with Gasteiger partial charge in [-0.05, 0) is 71.1 Å². The number of carbonyl (C=O) groups is 4. The van der Waals surface area contributed by atoms with Crippen LogP contribution in [-0.4, -0.2) is 64.1 Å². The minimum atomic E-state index is -0.914. The van der Waals surface area contributed by atoms with Crippen molar-refractivity contribution in [1.29, 1.82) is 0 Å². The summed E-state index contributed by atoms with van der Waals surface area (Å²) in [5.41, 5.74) is 4.56. The minimum Gasteiger partial charge on any atom is -0.455 e. The number of aromatic nitrogens is 1. The maximum Gasteiger partial charge on any atom is 0.408 e. The van der Waals surface area contributed by atoms with Gasteiger partial charge >= 0.3 is 12.1 Å². The van der Waals surface area contributed by atoms with E-state index >= 15 is 0 Å². The normalized spacial score (nSPS) is 17.6. The van der Waals surface area contributed by atoms with Crippen molar-refractivity contribution < 1.29 is 28.7 Å². The summed E-state index contributed by atoms with van der Waals surface area (Å²) >= 11 is 0. The number of hydrogen-bond donors (Lipinski definition) is 3. The number of hydrazine groups is 1. The molecule has 1 saturated heterocycles. The third kappa shape index (κ3) is 8.75. The smallest absolute Gasteiger partial charge is 0.408 e.